The van der Waals surface area contributed by atoms with Crippen LogP contribution in [0.25, 0.3) is 0 Å². The Hall–Kier alpha value is -2.11. The number of hydrogen-bond acceptors (Lipinski definition) is 4. The van der Waals surface area contributed by atoms with E-state index in [2.05, 4.69) is 10.3 Å². The Morgan fingerprint density at radius 2 is 1.73 bits per heavy atom. The summed E-state index contributed by atoms with van der Waals surface area (Å²) in [6, 6.07) is 19.7. The number of carbonyl (C=O) groups is 1. The zero-order valence-corrected chi connectivity index (χ0v) is 13.3. The van der Waals surface area contributed by atoms with Gasteiger partial charge in [0.1, 0.15) is 5.25 Å². The standard InChI is InChI=1S/C17H14N2OS2/c20-16(19-17-18-11-12-21-17)15(13-7-3-1-4-8-13)22-14-9-5-2-6-10-14/h1-12,15H,(H,18,19,20)/t15-/m1/s1. The van der Waals surface area contributed by atoms with E-state index in [1.54, 1.807) is 6.20 Å². The number of carbonyl (C=O) groups excluding carboxylic acids is 1. The third kappa shape index (κ3) is 3.75. The van der Waals surface area contributed by atoms with Crippen LogP contribution in [0, 0.1) is 0 Å². The van der Waals surface area contributed by atoms with E-state index in [-0.39, 0.29) is 11.2 Å². The zero-order chi connectivity index (χ0) is 15.2. The Bertz CT molecular complexity index is 715. The monoisotopic (exact) mass is 326 g/mol. The molecular formula is C17H14N2OS2. The van der Waals surface area contributed by atoms with Crippen molar-refractivity contribution in [2.75, 3.05) is 5.32 Å². The van der Waals surface area contributed by atoms with Crippen LogP contribution in [0.1, 0.15) is 10.8 Å². The molecule has 1 heterocycles. The molecule has 22 heavy (non-hydrogen) atoms. The molecule has 5 heteroatoms. The van der Waals surface area contributed by atoms with Crippen LogP contribution in [-0.4, -0.2) is 10.9 Å². The summed E-state index contributed by atoms with van der Waals surface area (Å²) in [7, 11) is 0. The van der Waals surface area contributed by atoms with Crippen molar-refractivity contribution in [2.24, 2.45) is 0 Å². The highest BCUT2D eigenvalue weighted by Crippen LogP contribution is 2.36. The highest BCUT2D eigenvalue weighted by molar-refractivity contribution is 8.00. The molecule has 3 aromatic rings. The van der Waals surface area contributed by atoms with Crippen molar-refractivity contribution >= 4 is 34.1 Å². The fourth-order valence-electron chi connectivity index (χ4n) is 1.99. The molecule has 0 unspecified atom stereocenters. The first-order valence-electron chi connectivity index (χ1n) is 6.80. The van der Waals surface area contributed by atoms with E-state index in [0.717, 1.165) is 10.5 Å². The summed E-state index contributed by atoms with van der Waals surface area (Å²) in [5.74, 6) is -0.0602. The molecule has 0 saturated heterocycles. The molecule has 0 fully saturated rings. The van der Waals surface area contributed by atoms with E-state index < -0.39 is 0 Å². The molecule has 110 valence electrons. The van der Waals surface area contributed by atoms with E-state index in [1.165, 1.54) is 23.1 Å². The smallest absolute Gasteiger partial charge is 0.244 e. The molecule has 3 rings (SSSR count). The van der Waals surface area contributed by atoms with Crippen LogP contribution in [-0.2, 0) is 4.79 Å². The zero-order valence-electron chi connectivity index (χ0n) is 11.7. The lowest BCUT2D eigenvalue weighted by atomic mass is 10.1. The van der Waals surface area contributed by atoms with Gasteiger partial charge in [-0.3, -0.25) is 4.79 Å². The maximum Gasteiger partial charge on any atom is 0.244 e. The molecule has 1 atom stereocenters. The summed E-state index contributed by atoms with van der Waals surface area (Å²) in [5.41, 5.74) is 0.977. The number of amides is 1. The topological polar surface area (TPSA) is 42.0 Å². The quantitative estimate of drug-likeness (QED) is 0.696. The first-order chi connectivity index (χ1) is 10.8. The fourth-order valence-corrected chi connectivity index (χ4v) is 3.57. The maximum atomic E-state index is 12.7. The lowest BCUT2D eigenvalue weighted by molar-refractivity contribution is -0.115. The molecule has 1 amide bonds. The van der Waals surface area contributed by atoms with Gasteiger partial charge in [-0.25, -0.2) is 4.98 Å². The van der Waals surface area contributed by atoms with E-state index in [0.29, 0.717) is 5.13 Å². The average Bonchev–Trinajstić information content (AvgIpc) is 3.07. The lowest BCUT2D eigenvalue weighted by Crippen LogP contribution is -2.18. The number of aromatic nitrogens is 1. The number of benzene rings is 2. The Labute approximate surface area is 137 Å². The number of thiazole rings is 1. The van der Waals surface area contributed by atoms with Crippen LogP contribution in [0.5, 0.6) is 0 Å². The minimum atomic E-state index is -0.313. The van der Waals surface area contributed by atoms with E-state index in [4.69, 9.17) is 0 Å². The average molecular weight is 326 g/mol. The molecule has 1 N–H and O–H groups in total. The van der Waals surface area contributed by atoms with E-state index in [9.17, 15) is 4.79 Å². The molecule has 3 nitrogen and oxygen atoms in total. The second-order valence-electron chi connectivity index (χ2n) is 4.55. The number of anilines is 1. The largest absolute Gasteiger partial charge is 0.301 e. The second kappa shape index (κ2) is 7.24. The van der Waals surface area contributed by atoms with Gasteiger partial charge in [0.25, 0.3) is 0 Å². The Kier molecular flexibility index (Phi) is 4.88. The Morgan fingerprint density at radius 1 is 1.05 bits per heavy atom. The Morgan fingerprint density at radius 3 is 2.36 bits per heavy atom. The summed E-state index contributed by atoms with van der Waals surface area (Å²) >= 11 is 2.95. The van der Waals surface area contributed by atoms with Crippen LogP contribution in [0.2, 0.25) is 0 Å². The molecule has 1 aromatic heterocycles. The summed E-state index contributed by atoms with van der Waals surface area (Å²) in [6.07, 6.45) is 1.68. The van der Waals surface area contributed by atoms with Gasteiger partial charge in [-0.05, 0) is 17.7 Å². The molecule has 0 aliphatic rings. The van der Waals surface area contributed by atoms with Gasteiger partial charge in [-0.1, -0.05) is 48.5 Å². The number of hydrogen-bond donors (Lipinski definition) is 1. The van der Waals surface area contributed by atoms with Crippen molar-refractivity contribution in [1.29, 1.82) is 0 Å². The van der Waals surface area contributed by atoms with Gasteiger partial charge in [0, 0.05) is 16.5 Å². The van der Waals surface area contributed by atoms with Crippen molar-refractivity contribution < 1.29 is 4.79 Å². The first-order valence-corrected chi connectivity index (χ1v) is 8.56. The number of rotatable bonds is 5. The van der Waals surface area contributed by atoms with E-state index in [1.807, 2.05) is 66.0 Å². The SMILES string of the molecule is O=C(Nc1nccs1)[C@H](Sc1ccccc1)c1ccccc1. The van der Waals surface area contributed by atoms with Gasteiger partial charge >= 0.3 is 0 Å². The second-order valence-corrected chi connectivity index (χ2v) is 6.62. The van der Waals surface area contributed by atoms with Crippen LogP contribution in [0.15, 0.2) is 77.1 Å². The van der Waals surface area contributed by atoms with Crippen molar-refractivity contribution in [1.82, 2.24) is 4.98 Å². The highest BCUT2D eigenvalue weighted by Gasteiger charge is 2.22. The molecule has 0 bridgehead atoms. The minimum Gasteiger partial charge on any atom is -0.301 e. The molecule has 0 spiro atoms. The van der Waals surface area contributed by atoms with Crippen molar-refractivity contribution in [3.63, 3.8) is 0 Å². The molecule has 0 radical (unpaired) electrons. The summed E-state index contributed by atoms with van der Waals surface area (Å²) in [6.45, 7) is 0. The van der Waals surface area contributed by atoms with Crippen LogP contribution in [0.4, 0.5) is 5.13 Å². The summed E-state index contributed by atoms with van der Waals surface area (Å²) < 4.78 is 0. The minimum absolute atomic E-state index is 0.0602. The van der Waals surface area contributed by atoms with Gasteiger partial charge < -0.3 is 5.32 Å². The lowest BCUT2D eigenvalue weighted by Gasteiger charge is -2.16. The van der Waals surface area contributed by atoms with Crippen LogP contribution in [0.3, 0.4) is 0 Å². The first kappa shape index (κ1) is 14.8. The number of nitrogens with one attached hydrogen (secondary N) is 1. The molecule has 0 aliphatic heterocycles. The van der Waals surface area contributed by atoms with E-state index >= 15 is 0 Å². The van der Waals surface area contributed by atoms with Crippen molar-refractivity contribution in [2.45, 2.75) is 10.1 Å². The maximum absolute atomic E-state index is 12.7. The predicted octanol–water partition coefficient (Wildman–Crippen LogP) is 4.62. The van der Waals surface area contributed by atoms with Crippen LogP contribution >= 0.6 is 23.1 Å². The Balaban J connectivity index is 1.84. The third-order valence-corrected chi connectivity index (χ3v) is 4.95. The predicted molar refractivity (Wildman–Crippen MR) is 92.2 cm³/mol. The van der Waals surface area contributed by atoms with Gasteiger partial charge in [-0.15, -0.1) is 23.1 Å². The third-order valence-electron chi connectivity index (χ3n) is 3.00. The van der Waals surface area contributed by atoms with Crippen molar-refractivity contribution in [3.05, 3.63) is 77.8 Å². The van der Waals surface area contributed by atoms with Gasteiger partial charge in [0.15, 0.2) is 5.13 Å². The number of thioether (sulfide) groups is 1. The molecule has 0 saturated carbocycles. The van der Waals surface area contributed by atoms with Gasteiger partial charge in [-0.2, -0.15) is 0 Å². The normalized spacial score (nSPS) is 11.8. The number of nitrogens with zero attached hydrogens (tertiary/aromatic N) is 1. The van der Waals surface area contributed by atoms with Gasteiger partial charge in [0.05, 0.1) is 0 Å². The molecule has 0 aliphatic carbocycles. The van der Waals surface area contributed by atoms with Gasteiger partial charge in [0.2, 0.25) is 5.91 Å². The summed E-state index contributed by atoms with van der Waals surface area (Å²) in [5, 5.41) is 5.05. The molecule has 2 aromatic carbocycles. The molecular weight excluding hydrogens is 312 g/mol. The van der Waals surface area contributed by atoms with Crippen LogP contribution < -0.4 is 5.32 Å². The fraction of sp³-hybridized carbons (Fsp3) is 0.0588. The highest BCUT2D eigenvalue weighted by atomic mass is 32.2. The summed E-state index contributed by atoms with van der Waals surface area (Å²) in [4.78, 5) is 17.8. The van der Waals surface area contributed by atoms with Crippen molar-refractivity contribution in [3.8, 4) is 0 Å².